The van der Waals surface area contributed by atoms with E-state index in [1.54, 1.807) is 24.9 Å². The lowest BCUT2D eigenvalue weighted by Gasteiger charge is -2.12. The molecule has 0 spiro atoms. The van der Waals surface area contributed by atoms with E-state index >= 15 is 0 Å². The first kappa shape index (κ1) is 16.8. The van der Waals surface area contributed by atoms with E-state index in [9.17, 15) is 4.79 Å². The first-order valence-electron chi connectivity index (χ1n) is 8.65. The summed E-state index contributed by atoms with van der Waals surface area (Å²) < 4.78 is 7.82. The topological polar surface area (TPSA) is 82.3 Å². The zero-order valence-electron chi connectivity index (χ0n) is 15.4. The second-order valence-corrected chi connectivity index (χ2v) is 7.46. The molecule has 7 nitrogen and oxygen atoms in total. The first-order chi connectivity index (χ1) is 13.6. The molecule has 0 saturated carbocycles. The van der Waals surface area contributed by atoms with Crippen molar-refractivity contribution in [1.82, 2.24) is 24.6 Å². The van der Waals surface area contributed by atoms with Crippen LogP contribution in [0, 0.1) is 6.92 Å². The average molecular weight is 389 g/mol. The SMILES string of the molecule is COc1ccc(-c2c(C(C)=O)c(C)nc3sc4c(ncn5ncnc45)c23)cc1. The quantitative estimate of drug-likeness (QED) is 0.433. The second-order valence-electron chi connectivity index (χ2n) is 6.46. The van der Waals surface area contributed by atoms with Crippen molar-refractivity contribution in [2.45, 2.75) is 13.8 Å². The van der Waals surface area contributed by atoms with Gasteiger partial charge >= 0.3 is 0 Å². The summed E-state index contributed by atoms with van der Waals surface area (Å²) in [6.07, 6.45) is 3.15. The monoisotopic (exact) mass is 389 g/mol. The van der Waals surface area contributed by atoms with Crippen molar-refractivity contribution >= 4 is 43.2 Å². The van der Waals surface area contributed by atoms with Gasteiger partial charge in [0.2, 0.25) is 0 Å². The summed E-state index contributed by atoms with van der Waals surface area (Å²) in [5.41, 5.74) is 4.59. The fraction of sp³-hybridized carbons (Fsp3) is 0.150. The lowest BCUT2D eigenvalue weighted by molar-refractivity contribution is 0.101. The van der Waals surface area contributed by atoms with E-state index in [2.05, 4.69) is 15.1 Å². The number of benzene rings is 1. The van der Waals surface area contributed by atoms with E-state index in [-0.39, 0.29) is 5.78 Å². The number of hydrogen-bond acceptors (Lipinski definition) is 7. The third-order valence-electron chi connectivity index (χ3n) is 4.80. The Kier molecular flexibility index (Phi) is 3.63. The highest BCUT2D eigenvalue weighted by Crippen LogP contribution is 2.42. The summed E-state index contributed by atoms with van der Waals surface area (Å²) >= 11 is 1.51. The molecule has 0 bridgehead atoms. The van der Waals surface area contributed by atoms with Gasteiger partial charge in [-0.05, 0) is 31.5 Å². The van der Waals surface area contributed by atoms with Crippen molar-refractivity contribution in [3.05, 3.63) is 48.2 Å². The Morgan fingerprint density at radius 1 is 1.18 bits per heavy atom. The highest BCUT2D eigenvalue weighted by Gasteiger charge is 2.23. The molecular weight excluding hydrogens is 374 g/mol. The number of methoxy groups -OCH3 is 1. The molecular formula is C20H15N5O2S. The van der Waals surface area contributed by atoms with Crippen molar-refractivity contribution in [3.63, 3.8) is 0 Å². The minimum absolute atomic E-state index is 0.0272. The molecule has 0 atom stereocenters. The van der Waals surface area contributed by atoms with Crippen LogP contribution >= 0.6 is 11.3 Å². The molecule has 0 aliphatic heterocycles. The van der Waals surface area contributed by atoms with E-state index in [0.717, 1.165) is 43.0 Å². The molecule has 0 radical (unpaired) electrons. The molecule has 4 heterocycles. The van der Waals surface area contributed by atoms with Crippen LogP contribution < -0.4 is 4.74 Å². The molecule has 5 aromatic rings. The minimum atomic E-state index is -0.0272. The number of ketones is 1. The highest BCUT2D eigenvalue weighted by molar-refractivity contribution is 7.26. The Balaban J connectivity index is 1.97. The van der Waals surface area contributed by atoms with Gasteiger partial charge in [0, 0.05) is 16.5 Å². The predicted octanol–water partition coefficient (Wildman–Crippen LogP) is 4.07. The van der Waals surface area contributed by atoms with Gasteiger partial charge in [0.25, 0.3) is 0 Å². The lowest BCUT2D eigenvalue weighted by atomic mass is 9.93. The summed E-state index contributed by atoms with van der Waals surface area (Å²) in [6, 6.07) is 7.69. The van der Waals surface area contributed by atoms with E-state index < -0.39 is 0 Å². The van der Waals surface area contributed by atoms with Crippen LogP contribution in [0.25, 0.3) is 37.2 Å². The number of pyridine rings is 1. The zero-order valence-corrected chi connectivity index (χ0v) is 16.2. The number of aromatic nitrogens is 5. The number of thiophene rings is 1. The summed E-state index contributed by atoms with van der Waals surface area (Å²) in [5.74, 6) is 0.731. The maximum atomic E-state index is 12.5. The van der Waals surface area contributed by atoms with Gasteiger partial charge in [0.05, 0.1) is 18.3 Å². The van der Waals surface area contributed by atoms with Gasteiger partial charge in [0.15, 0.2) is 11.4 Å². The highest BCUT2D eigenvalue weighted by atomic mass is 32.1. The van der Waals surface area contributed by atoms with Crippen LogP contribution in [0.1, 0.15) is 23.0 Å². The largest absolute Gasteiger partial charge is 0.497 e. The number of fused-ring (bicyclic) bond motifs is 5. The number of carbonyl (C=O) groups is 1. The van der Waals surface area contributed by atoms with Gasteiger partial charge in [-0.15, -0.1) is 11.3 Å². The fourth-order valence-corrected chi connectivity index (χ4v) is 4.76. The summed E-state index contributed by atoms with van der Waals surface area (Å²) in [4.78, 5) is 27.1. The molecule has 0 fully saturated rings. The summed E-state index contributed by atoms with van der Waals surface area (Å²) in [5, 5.41) is 5.03. The maximum Gasteiger partial charge on any atom is 0.176 e. The fourth-order valence-electron chi connectivity index (χ4n) is 3.59. The molecule has 1 aromatic carbocycles. The van der Waals surface area contributed by atoms with E-state index in [1.807, 2.05) is 31.2 Å². The average Bonchev–Trinajstić information content (AvgIpc) is 3.30. The predicted molar refractivity (Wildman–Crippen MR) is 108 cm³/mol. The van der Waals surface area contributed by atoms with E-state index in [1.165, 1.54) is 17.7 Å². The Morgan fingerprint density at radius 2 is 1.96 bits per heavy atom. The van der Waals surface area contributed by atoms with Crippen molar-refractivity contribution in [2.24, 2.45) is 0 Å². The number of rotatable bonds is 3. The Morgan fingerprint density at radius 3 is 2.68 bits per heavy atom. The van der Waals surface area contributed by atoms with Crippen molar-refractivity contribution in [3.8, 4) is 16.9 Å². The van der Waals surface area contributed by atoms with Crippen molar-refractivity contribution in [2.75, 3.05) is 7.11 Å². The molecule has 5 rings (SSSR count). The second kappa shape index (κ2) is 6.07. The van der Waals surface area contributed by atoms with Gasteiger partial charge in [-0.1, -0.05) is 12.1 Å². The molecule has 138 valence electrons. The first-order valence-corrected chi connectivity index (χ1v) is 9.46. The van der Waals surface area contributed by atoms with Gasteiger partial charge in [-0.25, -0.2) is 19.5 Å². The maximum absolute atomic E-state index is 12.5. The number of hydrogen-bond donors (Lipinski definition) is 0. The van der Waals surface area contributed by atoms with Crippen LogP contribution in [-0.4, -0.2) is 37.5 Å². The molecule has 0 N–H and O–H groups in total. The molecule has 28 heavy (non-hydrogen) atoms. The molecule has 0 unspecified atom stereocenters. The van der Waals surface area contributed by atoms with Gasteiger partial charge in [-0.3, -0.25) is 4.79 Å². The molecule has 8 heteroatoms. The van der Waals surface area contributed by atoms with Crippen LogP contribution in [0.4, 0.5) is 0 Å². The molecule has 0 aliphatic carbocycles. The van der Waals surface area contributed by atoms with Gasteiger partial charge in [-0.2, -0.15) is 5.10 Å². The minimum Gasteiger partial charge on any atom is -0.497 e. The third-order valence-corrected chi connectivity index (χ3v) is 5.87. The smallest absolute Gasteiger partial charge is 0.176 e. The van der Waals surface area contributed by atoms with Crippen LogP contribution in [0.5, 0.6) is 5.75 Å². The third kappa shape index (κ3) is 2.31. The van der Waals surface area contributed by atoms with Crippen LogP contribution in [0.3, 0.4) is 0 Å². The van der Waals surface area contributed by atoms with Gasteiger partial charge < -0.3 is 4.74 Å². The molecule has 4 aromatic heterocycles. The molecule has 0 aliphatic rings. The van der Waals surface area contributed by atoms with Crippen molar-refractivity contribution in [1.29, 1.82) is 0 Å². The normalized spacial score (nSPS) is 11.5. The standard InChI is InChI=1S/C20H15N5O2S/c1-10-14(11(2)26)15(12-4-6-13(27-3)7-5-12)16-17-18(28-20(16)24-10)19-21-8-23-25(19)9-22-17/h4-9H,1-3H3. The summed E-state index contributed by atoms with van der Waals surface area (Å²) in [7, 11) is 1.63. The molecule has 0 saturated heterocycles. The molecule has 0 amide bonds. The lowest BCUT2D eigenvalue weighted by Crippen LogP contribution is -2.03. The Hall–Kier alpha value is -3.39. The Bertz CT molecular complexity index is 1390. The number of ether oxygens (including phenoxy) is 1. The van der Waals surface area contributed by atoms with Gasteiger partial charge in [0.1, 0.15) is 27.9 Å². The number of carbonyl (C=O) groups excluding carboxylic acids is 1. The van der Waals surface area contributed by atoms with Crippen LogP contribution in [-0.2, 0) is 0 Å². The number of nitrogens with zero attached hydrogens (tertiary/aromatic N) is 5. The van der Waals surface area contributed by atoms with Crippen LogP contribution in [0.2, 0.25) is 0 Å². The van der Waals surface area contributed by atoms with E-state index in [0.29, 0.717) is 11.3 Å². The van der Waals surface area contributed by atoms with E-state index in [4.69, 9.17) is 9.72 Å². The van der Waals surface area contributed by atoms with Crippen LogP contribution in [0.15, 0.2) is 36.9 Å². The van der Waals surface area contributed by atoms with Crippen molar-refractivity contribution < 1.29 is 9.53 Å². The Labute approximate surface area is 163 Å². The summed E-state index contributed by atoms with van der Waals surface area (Å²) in [6.45, 7) is 3.44. The number of Topliss-reactive ketones (excluding diaryl/α,β-unsaturated/α-hetero) is 1. The number of aryl methyl sites for hydroxylation is 1. The zero-order chi connectivity index (χ0) is 19.4.